The van der Waals surface area contributed by atoms with Crippen LogP contribution in [0.15, 0.2) is 0 Å². The van der Waals surface area contributed by atoms with E-state index in [-0.39, 0.29) is 6.15 Å². The van der Waals surface area contributed by atoms with E-state index < -0.39 is 36.9 Å². The average molecular weight is 389 g/mol. The third-order valence-electron chi connectivity index (χ3n) is 0. The highest BCUT2D eigenvalue weighted by Gasteiger charge is 1.71. The van der Waals surface area contributed by atoms with Crippen LogP contribution in [0, 0.1) is 0 Å². The van der Waals surface area contributed by atoms with E-state index in [1.165, 1.54) is 0 Å². The van der Waals surface area contributed by atoms with E-state index in [4.69, 9.17) is 90.0 Å². The number of hydrogen-bond acceptors (Lipinski definition) is 7. The summed E-state index contributed by atoms with van der Waals surface area (Å²) in [4.78, 5) is 51.3. The smallest absolute Gasteiger partial charge is 0.450 e. The largest absolute Gasteiger partial charge is 0.503 e. The molecule has 152 valence electrons. The minimum atomic E-state index is -1.83. The fraction of sp³-hybridized carbons (Fsp3) is 0. The van der Waals surface area contributed by atoms with Gasteiger partial charge in [-0.05, 0) is 0 Å². The van der Waals surface area contributed by atoms with Gasteiger partial charge in [0.05, 0.1) is 0 Å². The number of rotatable bonds is 0. The maximum Gasteiger partial charge on any atom is 0.503 e. The van der Waals surface area contributed by atoms with Crippen LogP contribution in [-0.2, 0) is 0 Å². The maximum absolute atomic E-state index is 8.56. The van der Waals surface area contributed by atoms with Gasteiger partial charge in [0, 0.05) is 0 Å². The van der Waals surface area contributed by atoms with E-state index in [1.54, 1.807) is 0 Å². The summed E-state index contributed by atoms with van der Waals surface area (Å²) in [5.74, 6) is 0. The lowest BCUT2D eigenvalue weighted by Gasteiger charge is -1.60. The number of carboxylic acid groups (broad SMARTS) is 12. The second-order valence-electron chi connectivity index (χ2n) is 1.70. The van der Waals surface area contributed by atoms with Crippen molar-refractivity contribution in [1.29, 1.82) is 0 Å². The standard InChI is InChI=1S/6CH2O3.H3N/c6*2-1(3)4;/h6*(H2,2,3,4);1H3. The van der Waals surface area contributed by atoms with E-state index >= 15 is 0 Å². The first-order valence-corrected chi connectivity index (χ1v) is 3.91. The highest BCUT2D eigenvalue weighted by Crippen LogP contribution is 1.44. The van der Waals surface area contributed by atoms with Crippen molar-refractivity contribution in [1.82, 2.24) is 6.15 Å². The first-order valence-electron chi connectivity index (χ1n) is 3.91. The van der Waals surface area contributed by atoms with Crippen LogP contribution in [0.3, 0.4) is 0 Å². The molecule has 0 fully saturated rings. The van der Waals surface area contributed by atoms with Gasteiger partial charge in [-0.1, -0.05) is 0 Å². The second-order valence-corrected chi connectivity index (χ2v) is 1.70. The van der Waals surface area contributed by atoms with Gasteiger partial charge in [-0.3, -0.25) is 0 Å². The quantitative estimate of drug-likeness (QED) is 0.278. The molecule has 0 rings (SSSR count). The van der Waals surface area contributed by atoms with Crippen molar-refractivity contribution < 1.29 is 90.0 Å². The van der Waals surface area contributed by atoms with Crippen molar-refractivity contribution in [2.45, 2.75) is 0 Å². The zero-order valence-electron chi connectivity index (χ0n) is 11.5. The Morgan fingerprint density at radius 1 is 0.280 bits per heavy atom. The fourth-order valence-electron chi connectivity index (χ4n) is 0. The van der Waals surface area contributed by atoms with Crippen molar-refractivity contribution in [3.8, 4) is 0 Å². The fourth-order valence-corrected chi connectivity index (χ4v) is 0. The van der Waals surface area contributed by atoms with Crippen LogP contribution >= 0.6 is 0 Å². The molecule has 0 spiro atoms. The predicted molar refractivity (Wildman–Crippen MR) is 68.9 cm³/mol. The van der Waals surface area contributed by atoms with E-state index in [2.05, 4.69) is 0 Å². The van der Waals surface area contributed by atoms with Gasteiger partial charge in [-0.15, -0.1) is 0 Å². The molecule has 19 heteroatoms. The maximum atomic E-state index is 8.56. The van der Waals surface area contributed by atoms with Crippen LogP contribution < -0.4 is 6.15 Å². The number of carbonyl (C=O) groups is 6. The Morgan fingerprint density at radius 2 is 0.280 bits per heavy atom. The molecule has 0 aliphatic heterocycles. The topological polar surface area (TPSA) is 380 Å². The van der Waals surface area contributed by atoms with Crippen LogP contribution in [0.2, 0.25) is 0 Å². The Morgan fingerprint density at radius 3 is 0.280 bits per heavy atom. The SMILES string of the molecule is N.O=C(O)O.O=C(O)O.O=C(O)O.O=C(O)O.O=C(O)O.O=C(O)O. The summed E-state index contributed by atoms with van der Waals surface area (Å²) in [6.45, 7) is 0. The lowest BCUT2D eigenvalue weighted by Crippen LogP contribution is -1.81. The van der Waals surface area contributed by atoms with Gasteiger partial charge < -0.3 is 67.4 Å². The molecule has 15 N–H and O–H groups in total. The molecule has 0 aromatic rings. The molecule has 0 bridgehead atoms. The molecule has 0 unspecified atom stereocenters. The monoisotopic (exact) mass is 389 g/mol. The summed E-state index contributed by atoms with van der Waals surface area (Å²) in [5.41, 5.74) is 0. The molecule has 0 heterocycles. The van der Waals surface area contributed by atoms with Crippen LogP contribution in [0.25, 0.3) is 0 Å². The minimum absolute atomic E-state index is 0. The highest BCUT2D eigenvalue weighted by molar-refractivity contribution is 5.54. The first kappa shape index (κ1) is 42.8. The molecule has 0 aliphatic carbocycles. The van der Waals surface area contributed by atoms with Crippen LogP contribution in [0.5, 0.6) is 0 Å². The lowest BCUT2D eigenvalue weighted by atomic mass is 11.5. The van der Waals surface area contributed by atoms with Crippen LogP contribution in [0.1, 0.15) is 0 Å². The van der Waals surface area contributed by atoms with Crippen molar-refractivity contribution in [3.05, 3.63) is 0 Å². The van der Waals surface area contributed by atoms with E-state index in [0.717, 1.165) is 0 Å². The summed E-state index contributed by atoms with van der Waals surface area (Å²) in [7, 11) is 0. The van der Waals surface area contributed by atoms with Crippen molar-refractivity contribution in [2.75, 3.05) is 0 Å². The van der Waals surface area contributed by atoms with Crippen molar-refractivity contribution >= 4 is 36.9 Å². The average Bonchev–Trinajstić information content (AvgIpc) is 2.08. The summed E-state index contributed by atoms with van der Waals surface area (Å²) in [6, 6.07) is 0. The van der Waals surface area contributed by atoms with Crippen molar-refractivity contribution in [2.24, 2.45) is 0 Å². The predicted octanol–water partition coefficient (Wildman–Crippen LogP) is 1.50. The third kappa shape index (κ3) is 310. The number of hydrogen-bond donors (Lipinski definition) is 13. The van der Waals surface area contributed by atoms with Crippen molar-refractivity contribution in [3.63, 3.8) is 0 Å². The Balaban J connectivity index is -0.0000000309. The first-order chi connectivity index (χ1) is 10.4. The van der Waals surface area contributed by atoms with Crippen LogP contribution in [-0.4, -0.2) is 98.2 Å². The molecule has 0 saturated heterocycles. The molecule has 0 saturated carbocycles. The summed E-state index contributed by atoms with van der Waals surface area (Å²) >= 11 is 0. The Kier molecular flexibility index (Phi) is 62.7. The molecular weight excluding hydrogens is 374 g/mol. The normalized spacial score (nSPS) is 5.76. The van der Waals surface area contributed by atoms with Gasteiger partial charge in [0.2, 0.25) is 0 Å². The summed E-state index contributed by atoms with van der Waals surface area (Å²) < 4.78 is 0. The summed E-state index contributed by atoms with van der Waals surface area (Å²) in [6.07, 6.45) is -11.0. The lowest BCUT2D eigenvalue weighted by molar-refractivity contribution is 0.135. The Bertz CT molecular complexity index is 257. The zero-order chi connectivity index (χ0) is 21.5. The third-order valence-corrected chi connectivity index (χ3v) is 0. The van der Waals surface area contributed by atoms with Crippen LogP contribution in [0.4, 0.5) is 28.8 Å². The summed E-state index contributed by atoms with van der Waals surface area (Å²) in [5, 5.41) is 83.7. The van der Waals surface area contributed by atoms with E-state index in [0.29, 0.717) is 0 Å². The zero-order valence-corrected chi connectivity index (χ0v) is 11.5. The van der Waals surface area contributed by atoms with Gasteiger partial charge in [0.25, 0.3) is 0 Å². The minimum Gasteiger partial charge on any atom is -0.450 e. The molecule has 0 atom stereocenters. The molecular formula is C6H15NO18. The van der Waals surface area contributed by atoms with Gasteiger partial charge in [-0.2, -0.15) is 0 Å². The van der Waals surface area contributed by atoms with Gasteiger partial charge in [0.15, 0.2) is 0 Å². The van der Waals surface area contributed by atoms with E-state index in [1.807, 2.05) is 0 Å². The Hall–Kier alpha value is -4.42. The molecule has 25 heavy (non-hydrogen) atoms. The van der Waals surface area contributed by atoms with E-state index in [9.17, 15) is 0 Å². The molecule has 0 radical (unpaired) electrons. The Labute approximate surface area is 134 Å². The second kappa shape index (κ2) is 36.7. The van der Waals surface area contributed by atoms with Gasteiger partial charge in [0.1, 0.15) is 0 Å². The molecule has 0 aliphatic rings. The molecule has 0 aromatic carbocycles. The molecule has 0 amide bonds. The van der Waals surface area contributed by atoms with Gasteiger partial charge in [-0.25, -0.2) is 28.8 Å². The van der Waals surface area contributed by atoms with Gasteiger partial charge >= 0.3 is 36.9 Å². The molecule has 0 aromatic heterocycles. The molecule has 19 nitrogen and oxygen atoms in total. The highest BCUT2D eigenvalue weighted by atomic mass is 16.6.